The van der Waals surface area contributed by atoms with Crippen LogP contribution in [0.25, 0.3) is 0 Å². The van der Waals surface area contributed by atoms with E-state index >= 15 is 0 Å². The summed E-state index contributed by atoms with van der Waals surface area (Å²) in [5.74, 6) is 0.591. The minimum atomic E-state index is -0.565. The van der Waals surface area contributed by atoms with Crippen molar-refractivity contribution in [2.45, 2.75) is 38.0 Å². The number of hydrogen-bond acceptors (Lipinski definition) is 5. The molecule has 1 aliphatic carbocycles. The van der Waals surface area contributed by atoms with Crippen LogP contribution < -0.4 is 5.32 Å². The number of benzene rings is 1. The quantitative estimate of drug-likeness (QED) is 0.696. The average Bonchev–Trinajstić information content (AvgIpc) is 3.39. The largest absolute Gasteiger partial charge is 0.391 e. The lowest BCUT2D eigenvalue weighted by molar-refractivity contribution is 0.0864. The summed E-state index contributed by atoms with van der Waals surface area (Å²) in [6.45, 7) is 0.738. The molecule has 27 heavy (non-hydrogen) atoms. The van der Waals surface area contributed by atoms with Crippen molar-refractivity contribution in [2.75, 3.05) is 0 Å². The summed E-state index contributed by atoms with van der Waals surface area (Å²) < 4.78 is 7.14. The molecule has 2 aromatic heterocycles. The summed E-state index contributed by atoms with van der Waals surface area (Å²) in [6.07, 6.45) is 5.01. The van der Waals surface area contributed by atoms with Gasteiger partial charge >= 0.3 is 0 Å². The standard InChI is InChI=1S/C20H22N4O3/c25-19-11-15(13-24-8-4-7-21-24)10-17(19)22-20(26)18-12-16(27-23-18)9-14-5-2-1-3-6-14/h1-8,12,15,17,19,25H,9-11,13H2,(H,22,26)/t15?,17-,19-/m1/s1. The van der Waals surface area contributed by atoms with Crippen LogP contribution in [0.3, 0.4) is 0 Å². The van der Waals surface area contributed by atoms with Crippen LogP contribution in [0.1, 0.15) is 34.7 Å². The molecule has 4 rings (SSSR count). The summed E-state index contributed by atoms with van der Waals surface area (Å²) in [7, 11) is 0. The molecule has 1 fully saturated rings. The van der Waals surface area contributed by atoms with Gasteiger partial charge in [0, 0.05) is 31.4 Å². The van der Waals surface area contributed by atoms with Crippen molar-refractivity contribution in [2.24, 2.45) is 5.92 Å². The molecule has 0 radical (unpaired) electrons. The highest BCUT2D eigenvalue weighted by Crippen LogP contribution is 2.27. The number of hydrogen-bond donors (Lipinski definition) is 2. The molecule has 0 bridgehead atoms. The van der Waals surface area contributed by atoms with Gasteiger partial charge in [0.05, 0.1) is 12.1 Å². The second-order valence-electron chi connectivity index (χ2n) is 7.05. The van der Waals surface area contributed by atoms with Crippen molar-refractivity contribution in [3.05, 3.63) is 71.9 Å². The van der Waals surface area contributed by atoms with Crippen LogP contribution in [-0.2, 0) is 13.0 Å². The summed E-state index contributed by atoms with van der Waals surface area (Å²) >= 11 is 0. The van der Waals surface area contributed by atoms with Crippen LogP contribution in [0, 0.1) is 5.92 Å². The summed E-state index contributed by atoms with van der Waals surface area (Å²) in [6, 6.07) is 13.1. The maximum Gasteiger partial charge on any atom is 0.273 e. The van der Waals surface area contributed by atoms with Crippen LogP contribution in [0.15, 0.2) is 59.4 Å². The molecule has 0 saturated heterocycles. The predicted molar refractivity (Wildman–Crippen MR) is 98.0 cm³/mol. The minimum absolute atomic E-state index is 0.239. The minimum Gasteiger partial charge on any atom is -0.391 e. The maximum absolute atomic E-state index is 12.5. The van der Waals surface area contributed by atoms with Crippen LogP contribution >= 0.6 is 0 Å². The number of aliphatic hydroxyl groups excluding tert-OH is 1. The van der Waals surface area contributed by atoms with Gasteiger partial charge in [0.25, 0.3) is 5.91 Å². The van der Waals surface area contributed by atoms with E-state index in [2.05, 4.69) is 15.6 Å². The molecule has 1 unspecified atom stereocenters. The van der Waals surface area contributed by atoms with Crippen molar-refractivity contribution in [3.63, 3.8) is 0 Å². The van der Waals surface area contributed by atoms with Gasteiger partial charge in [-0.05, 0) is 30.4 Å². The van der Waals surface area contributed by atoms with Crippen molar-refractivity contribution in [1.29, 1.82) is 0 Å². The number of aliphatic hydroxyl groups is 1. The van der Waals surface area contributed by atoms with E-state index in [1.807, 2.05) is 47.3 Å². The molecular formula is C20H22N4O3. The molecule has 2 heterocycles. The van der Waals surface area contributed by atoms with E-state index in [0.717, 1.165) is 12.1 Å². The Morgan fingerprint density at radius 1 is 1.26 bits per heavy atom. The van der Waals surface area contributed by atoms with Gasteiger partial charge in [-0.3, -0.25) is 9.48 Å². The Kier molecular flexibility index (Phi) is 5.02. The van der Waals surface area contributed by atoms with E-state index in [4.69, 9.17) is 4.52 Å². The number of nitrogens with zero attached hydrogens (tertiary/aromatic N) is 3. The molecule has 1 aliphatic rings. The Hall–Kier alpha value is -2.93. The van der Waals surface area contributed by atoms with Gasteiger partial charge in [-0.15, -0.1) is 0 Å². The molecule has 7 nitrogen and oxygen atoms in total. The Morgan fingerprint density at radius 3 is 2.89 bits per heavy atom. The van der Waals surface area contributed by atoms with Gasteiger partial charge < -0.3 is 14.9 Å². The maximum atomic E-state index is 12.5. The molecule has 1 aromatic carbocycles. The van der Waals surface area contributed by atoms with Gasteiger partial charge in [-0.1, -0.05) is 35.5 Å². The van der Waals surface area contributed by atoms with Crippen LogP contribution in [-0.4, -0.2) is 38.1 Å². The normalized spacial score (nSPS) is 22.0. The highest BCUT2D eigenvalue weighted by molar-refractivity contribution is 5.92. The van der Waals surface area contributed by atoms with Crippen LogP contribution in [0.5, 0.6) is 0 Å². The second kappa shape index (κ2) is 7.75. The van der Waals surface area contributed by atoms with Crippen molar-refractivity contribution >= 4 is 5.91 Å². The topological polar surface area (TPSA) is 93.2 Å². The molecule has 3 atom stereocenters. The third-order valence-corrected chi connectivity index (χ3v) is 4.96. The van der Waals surface area contributed by atoms with Crippen LogP contribution in [0.2, 0.25) is 0 Å². The highest BCUT2D eigenvalue weighted by atomic mass is 16.5. The number of aromatic nitrogens is 3. The van der Waals surface area contributed by atoms with Gasteiger partial charge in [-0.25, -0.2) is 0 Å². The monoisotopic (exact) mass is 366 g/mol. The van der Waals surface area contributed by atoms with Gasteiger partial charge in [0.1, 0.15) is 5.76 Å². The molecule has 140 valence electrons. The number of carbonyl (C=O) groups excluding carboxylic acids is 1. The first-order chi connectivity index (χ1) is 13.2. The molecule has 7 heteroatoms. The first kappa shape index (κ1) is 17.5. The average molecular weight is 366 g/mol. The first-order valence-corrected chi connectivity index (χ1v) is 9.13. The zero-order chi connectivity index (χ0) is 18.6. The van der Waals surface area contributed by atoms with Crippen molar-refractivity contribution in [3.8, 4) is 0 Å². The Balaban J connectivity index is 1.33. The van der Waals surface area contributed by atoms with Gasteiger partial charge in [-0.2, -0.15) is 5.10 Å². The van der Waals surface area contributed by atoms with E-state index in [0.29, 0.717) is 25.0 Å². The Morgan fingerprint density at radius 2 is 2.11 bits per heavy atom. The summed E-state index contributed by atoms with van der Waals surface area (Å²) in [4.78, 5) is 12.5. The Labute approximate surface area is 157 Å². The number of nitrogens with one attached hydrogen (secondary N) is 1. The van der Waals surface area contributed by atoms with Gasteiger partial charge in [0.2, 0.25) is 0 Å². The van der Waals surface area contributed by atoms with E-state index < -0.39 is 6.10 Å². The second-order valence-corrected chi connectivity index (χ2v) is 7.05. The lowest BCUT2D eigenvalue weighted by atomic mass is 10.1. The number of amides is 1. The highest BCUT2D eigenvalue weighted by Gasteiger charge is 2.34. The lowest BCUT2D eigenvalue weighted by Gasteiger charge is -2.15. The fourth-order valence-electron chi connectivity index (χ4n) is 3.64. The number of rotatable bonds is 6. The smallest absolute Gasteiger partial charge is 0.273 e. The SMILES string of the molecule is O=C(N[C@@H]1CC(Cn2cccn2)C[C@H]1O)c1cc(Cc2ccccc2)on1. The van der Waals surface area contributed by atoms with Crippen molar-refractivity contribution < 1.29 is 14.4 Å². The van der Waals surface area contributed by atoms with E-state index in [1.54, 1.807) is 12.3 Å². The lowest BCUT2D eigenvalue weighted by Crippen LogP contribution is -2.40. The fraction of sp³-hybridized carbons (Fsp3) is 0.350. The van der Waals surface area contributed by atoms with E-state index in [-0.39, 0.29) is 23.6 Å². The molecular weight excluding hydrogens is 344 g/mol. The zero-order valence-corrected chi connectivity index (χ0v) is 14.9. The molecule has 3 aromatic rings. The molecule has 1 saturated carbocycles. The summed E-state index contributed by atoms with van der Waals surface area (Å²) in [5, 5.41) is 21.3. The van der Waals surface area contributed by atoms with E-state index in [1.165, 1.54) is 0 Å². The van der Waals surface area contributed by atoms with Crippen molar-refractivity contribution in [1.82, 2.24) is 20.3 Å². The Bertz CT molecular complexity index is 876. The van der Waals surface area contributed by atoms with Crippen LogP contribution in [0.4, 0.5) is 0 Å². The van der Waals surface area contributed by atoms with Gasteiger partial charge in [0.15, 0.2) is 5.69 Å². The third-order valence-electron chi connectivity index (χ3n) is 4.96. The molecule has 0 aliphatic heterocycles. The molecule has 2 N–H and O–H groups in total. The van der Waals surface area contributed by atoms with E-state index in [9.17, 15) is 9.90 Å². The number of carbonyl (C=O) groups is 1. The third kappa shape index (κ3) is 4.25. The molecule has 0 spiro atoms. The zero-order valence-electron chi connectivity index (χ0n) is 14.9. The molecule has 1 amide bonds. The summed E-state index contributed by atoms with van der Waals surface area (Å²) in [5.41, 5.74) is 1.33. The fourth-order valence-corrected chi connectivity index (χ4v) is 3.64. The first-order valence-electron chi connectivity index (χ1n) is 9.13. The predicted octanol–water partition coefficient (Wildman–Crippen LogP) is 2.03.